The predicted molar refractivity (Wildman–Crippen MR) is 102 cm³/mol. The molecule has 0 saturated heterocycles. The quantitative estimate of drug-likeness (QED) is 0.699. The molecule has 2 aromatic rings. The van der Waals surface area contributed by atoms with Gasteiger partial charge in [-0.1, -0.05) is 29.3 Å². The van der Waals surface area contributed by atoms with Gasteiger partial charge in [-0.2, -0.15) is 0 Å². The molecule has 144 valence electrons. The summed E-state index contributed by atoms with van der Waals surface area (Å²) in [5.41, 5.74) is 0.660. The molecular formula is C18H18Cl2N2O5. The molecule has 0 unspecified atom stereocenters. The van der Waals surface area contributed by atoms with Gasteiger partial charge in [-0.25, -0.2) is 4.98 Å². The van der Waals surface area contributed by atoms with E-state index in [2.05, 4.69) is 10.3 Å². The molecule has 27 heavy (non-hydrogen) atoms. The number of rotatable bonds is 7. The second-order valence-electron chi connectivity index (χ2n) is 5.47. The first-order valence-corrected chi connectivity index (χ1v) is 8.62. The Balaban J connectivity index is 1.95. The van der Waals surface area contributed by atoms with Crippen LogP contribution in [0.15, 0.2) is 30.5 Å². The zero-order chi connectivity index (χ0) is 20.0. The smallest absolute Gasteiger partial charge is 0.311 e. The van der Waals surface area contributed by atoms with Crippen molar-refractivity contribution >= 4 is 40.9 Å². The fraction of sp³-hybridized carbons (Fsp3) is 0.278. The summed E-state index contributed by atoms with van der Waals surface area (Å²) >= 11 is 11.7. The minimum atomic E-state index is -1.04. The van der Waals surface area contributed by atoms with Crippen LogP contribution in [0.1, 0.15) is 12.5 Å². The summed E-state index contributed by atoms with van der Waals surface area (Å²) in [5.74, 6) is 0.0491. The lowest BCUT2D eigenvalue weighted by Gasteiger charge is -2.14. The number of amides is 1. The summed E-state index contributed by atoms with van der Waals surface area (Å²) in [5, 5.41) is 3.01. The number of carbonyl (C=O) groups excluding carboxylic acids is 2. The van der Waals surface area contributed by atoms with Crippen LogP contribution in [-0.4, -0.2) is 37.2 Å². The van der Waals surface area contributed by atoms with Crippen molar-refractivity contribution in [3.63, 3.8) is 0 Å². The van der Waals surface area contributed by atoms with E-state index in [1.165, 1.54) is 33.4 Å². The molecule has 0 aliphatic rings. The highest BCUT2D eigenvalue weighted by atomic mass is 35.5. The topological polar surface area (TPSA) is 86.8 Å². The summed E-state index contributed by atoms with van der Waals surface area (Å²) in [6.07, 6.45) is 0.278. The maximum atomic E-state index is 12.2. The predicted octanol–water partition coefficient (Wildman–Crippen LogP) is 3.52. The summed E-state index contributed by atoms with van der Waals surface area (Å²) in [4.78, 5) is 28.2. The number of aromatic nitrogens is 1. The van der Waals surface area contributed by atoms with Gasteiger partial charge in [-0.05, 0) is 30.7 Å². The van der Waals surface area contributed by atoms with Crippen LogP contribution in [0.3, 0.4) is 0 Å². The number of carbonyl (C=O) groups is 2. The molecule has 0 saturated carbocycles. The molecule has 1 heterocycles. The summed E-state index contributed by atoms with van der Waals surface area (Å²) in [6.45, 7) is 1.45. The van der Waals surface area contributed by atoms with Crippen molar-refractivity contribution < 1.29 is 23.8 Å². The average Bonchev–Trinajstić information content (AvgIpc) is 2.63. The number of nitrogens with zero attached hydrogens (tertiary/aromatic N) is 1. The van der Waals surface area contributed by atoms with Gasteiger partial charge in [0.1, 0.15) is 0 Å². The minimum absolute atomic E-state index is 0.0298. The fourth-order valence-corrected chi connectivity index (χ4v) is 2.60. The van der Waals surface area contributed by atoms with E-state index >= 15 is 0 Å². The van der Waals surface area contributed by atoms with Crippen molar-refractivity contribution in [3.05, 3.63) is 46.1 Å². The molecule has 9 heteroatoms. The minimum Gasteiger partial charge on any atom is -0.493 e. The third kappa shape index (κ3) is 5.74. The number of hydrogen-bond donors (Lipinski definition) is 1. The number of nitrogens with one attached hydrogen (secondary N) is 1. The van der Waals surface area contributed by atoms with Crippen LogP contribution in [0.25, 0.3) is 0 Å². The largest absolute Gasteiger partial charge is 0.493 e. The lowest BCUT2D eigenvalue weighted by Crippen LogP contribution is -2.30. The van der Waals surface area contributed by atoms with Crippen LogP contribution >= 0.6 is 23.2 Å². The van der Waals surface area contributed by atoms with Gasteiger partial charge in [-0.15, -0.1) is 0 Å². The SMILES string of the molecule is COc1ccc(CC(=O)O[C@H](C)C(=O)Nc2ncc(Cl)cc2Cl)cc1OC. The normalized spacial score (nSPS) is 11.4. The van der Waals surface area contributed by atoms with E-state index in [1.54, 1.807) is 18.2 Å². The number of benzene rings is 1. The molecule has 0 radical (unpaired) electrons. The van der Waals surface area contributed by atoms with Crippen LogP contribution in [-0.2, 0) is 20.7 Å². The highest BCUT2D eigenvalue weighted by Crippen LogP contribution is 2.28. The summed E-state index contributed by atoms with van der Waals surface area (Å²) < 4.78 is 15.5. The molecule has 2 rings (SSSR count). The number of anilines is 1. The molecule has 1 atom stereocenters. The summed E-state index contributed by atoms with van der Waals surface area (Å²) in [6, 6.07) is 6.51. The van der Waals surface area contributed by atoms with Crippen LogP contribution < -0.4 is 14.8 Å². The van der Waals surface area contributed by atoms with Crippen molar-refractivity contribution in [1.82, 2.24) is 4.98 Å². The van der Waals surface area contributed by atoms with Crippen molar-refractivity contribution in [2.75, 3.05) is 19.5 Å². The number of hydrogen-bond acceptors (Lipinski definition) is 6. The molecule has 1 amide bonds. The lowest BCUT2D eigenvalue weighted by atomic mass is 10.1. The third-order valence-corrected chi connectivity index (χ3v) is 4.02. The first kappa shape index (κ1) is 20.8. The zero-order valence-corrected chi connectivity index (χ0v) is 16.4. The molecule has 0 aliphatic carbocycles. The summed E-state index contributed by atoms with van der Waals surface area (Å²) in [7, 11) is 3.02. The number of halogens is 2. The van der Waals surface area contributed by atoms with Crippen LogP contribution in [0.5, 0.6) is 11.5 Å². The van der Waals surface area contributed by atoms with Gasteiger partial charge in [0.15, 0.2) is 23.4 Å². The number of ether oxygens (including phenoxy) is 3. The lowest BCUT2D eigenvalue weighted by molar-refractivity contribution is -0.152. The van der Waals surface area contributed by atoms with E-state index in [-0.39, 0.29) is 17.3 Å². The molecule has 1 N–H and O–H groups in total. The van der Waals surface area contributed by atoms with Gasteiger partial charge in [0, 0.05) is 6.20 Å². The van der Waals surface area contributed by atoms with Gasteiger partial charge in [-0.3, -0.25) is 9.59 Å². The van der Waals surface area contributed by atoms with Crippen molar-refractivity contribution in [2.45, 2.75) is 19.4 Å². The van der Waals surface area contributed by atoms with E-state index in [0.717, 1.165) is 0 Å². The molecule has 7 nitrogen and oxygen atoms in total. The second-order valence-corrected chi connectivity index (χ2v) is 6.32. The Hall–Kier alpha value is -2.51. The van der Waals surface area contributed by atoms with Gasteiger partial charge < -0.3 is 19.5 Å². The molecule has 0 spiro atoms. The van der Waals surface area contributed by atoms with Crippen molar-refractivity contribution in [3.8, 4) is 11.5 Å². The first-order valence-electron chi connectivity index (χ1n) is 7.86. The van der Waals surface area contributed by atoms with Crippen LogP contribution in [0.4, 0.5) is 5.82 Å². The maximum Gasteiger partial charge on any atom is 0.311 e. The third-order valence-electron chi connectivity index (χ3n) is 3.52. The van der Waals surface area contributed by atoms with E-state index in [4.69, 9.17) is 37.4 Å². The number of pyridine rings is 1. The number of esters is 1. The van der Waals surface area contributed by atoms with Crippen LogP contribution in [0.2, 0.25) is 10.0 Å². The molecule has 1 aromatic carbocycles. The van der Waals surface area contributed by atoms with Gasteiger partial charge in [0.05, 0.1) is 30.7 Å². The average molecular weight is 413 g/mol. The van der Waals surface area contributed by atoms with Crippen molar-refractivity contribution in [1.29, 1.82) is 0 Å². The highest BCUT2D eigenvalue weighted by Gasteiger charge is 2.20. The Bertz CT molecular complexity index is 844. The molecule has 0 aliphatic heterocycles. The maximum absolute atomic E-state index is 12.2. The molecule has 0 fully saturated rings. The number of methoxy groups -OCH3 is 2. The highest BCUT2D eigenvalue weighted by molar-refractivity contribution is 6.36. The molecule has 1 aromatic heterocycles. The monoisotopic (exact) mass is 412 g/mol. The Morgan fingerprint density at radius 2 is 1.85 bits per heavy atom. The van der Waals surface area contributed by atoms with E-state index in [1.807, 2.05) is 0 Å². The van der Waals surface area contributed by atoms with E-state index in [9.17, 15) is 9.59 Å². The Labute approximate surface area is 166 Å². The van der Waals surface area contributed by atoms with Gasteiger partial charge in [0.2, 0.25) is 0 Å². The van der Waals surface area contributed by atoms with E-state index < -0.39 is 18.0 Å². The Morgan fingerprint density at radius 1 is 1.15 bits per heavy atom. The van der Waals surface area contributed by atoms with Gasteiger partial charge in [0.25, 0.3) is 5.91 Å². The Kier molecular flexibility index (Phi) is 7.27. The van der Waals surface area contributed by atoms with Crippen molar-refractivity contribution in [2.24, 2.45) is 0 Å². The fourth-order valence-electron chi connectivity index (χ4n) is 2.17. The second kappa shape index (κ2) is 9.43. The van der Waals surface area contributed by atoms with Gasteiger partial charge >= 0.3 is 5.97 Å². The molecule has 0 bridgehead atoms. The standard InChI is InChI=1S/C18H18Cl2N2O5/c1-10(18(24)22-17-13(20)8-12(19)9-21-17)27-16(23)7-11-4-5-14(25-2)15(6-11)26-3/h4-6,8-10H,7H2,1-3H3,(H,21,22,24)/t10-/m1/s1. The Morgan fingerprint density at radius 3 is 2.48 bits per heavy atom. The van der Waals surface area contributed by atoms with E-state index in [0.29, 0.717) is 22.1 Å². The first-order chi connectivity index (χ1) is 12.8. The molecular weight excluding hydrogens is 395 g/mol. The van der Waals surface area contributed by atoms with Crippen LogP contribution in [0, 0.1) is 0 Å². The zero-order valence-electron chi connectivity index (χ0n) is 14.9.